The van der Waals surface area contributed by atoms with Crippen molar-refractivity contribution in [1.29, 1.82) is 0 Å². The van der Waals surface area contributed by atoms with Gasteiger partial charge in [0.1, 0.15) is 28.6 Å². The Hall–Kier alpha value is -3.99. The average Bonchev–Trinajstić information content (AvgIpc) is 2.85. The molecule has 2 aliphatic heterocycles. The first kappa shape index (κ1) is 22.8. The lowest BCUT2D eigenvalue weighted by atomic mass is 9.92. The molecule has 6 N–H and O–H groups in total. The predicted octanol–water partition coefficient (Wildman–Crippen LogP) is 1.85. The highest BCUT2D eigenvalue weighted by Gasteiger charge is 2.40. The van der Waals surface area contributed by atoms with Gasteiger partial charge in [-0.3, -0.25) is 4.79 Å². The van der Waals surface area contributed by atoms with Crippen molar-refractivity contribution in [3.05, 3.63) is 70.8 Å². The predicted molar refractivity (Wildman–Crippen MR) is 119 cm³/mol. The van der Waals surface area contributed by atoms with Crippen LogP contribution in [-0.4, -0.2) is 55.2 Å². The number of phenols is 3. The van der Waals surface area contributed by atoms with E-state index in [4.69, 9.17) is 14.2 Å². The van der Waals surface area contributed by atoms with Crippen molar-refractivity contribution in [1.82, 2.24) is 0 Å². The number of phenolic OH excluding ortho intramolecular Hbond substituents is 2. The van der Waals surface area contributed by atoms with Crippen molar-refractivity contribution in [2.45, 2.75) is 31.0 Å². The first-order valence-corrected chi connectivity index (χ1v) is 10.8. The number of aliphatic hydroxyl groups is 3. The molecular formula is C25H22O10. The molecule has 182 valence electrons. The maximum absolute atomic E-state index is 12.7. The van der Waals surface area contributed by atoms with Crippen LogP contribution >= 0.6 is 0 Å². The molecule has 4 atom stereocenters. The van der Waals surface area contributed by atoms with Gasteiger partial charge in [0.2, 0.25) is 5.78 Å². The molecule has 0 saturated carbocycles. The highest BCUT2D eigenvalue weighted by Crippen LogP contribution is 2.45. The first-order chi connectivity index (χ1) is 16.8. The minimum Gasteiger partial charge on any atom is -0.508 e. The Balaban J connectivity index is 1.49. The minimum absolute atomic E-state index is 0.0727. The summed E-state index contributed by atoms with van der Waals surface area (Å²) in [6.45, 7) is -0.765. The van der Waals surface area contributed by atoms with E-state index >= 15 is 0 Å². The summed E-state index contributed by atoms with van der Waals surface area (Å²) in [5.41, 5.74) is 0.974. The van der Waals surface area contributed by atoms with Crippen molar-refractivity contribution < 1.29 is 49.6 Å². The number of ether oxygens (including phenoxy) is 3. The van der Waals surface area contributed by atoms with E-state index in [0.717, 1.165) is 6.07 Å². The molecule has 0 aliphatic carbocycles. The van der Waals surface area contributed by atoms with E-state index in [9.17, 15) is 35.4 Å². The minimum atomic E-state index is -1.63. The highest BCUT2D eigenvalue weighted by molar-refractivity contribution is 6.05. The fourth-order valence-corrected chi connectivity index (χ4v) is 4.32. The summed E-state index contributed by atoms with van der Waals surface area (Å²) in [5, 5.41) is 59.6. The number of Topliss-reactive ketones (excluding diaryl/α,β-unsaturated/α-hetero) is 1. The molecule has 4 unspecified atom stereocenters. The smallest absolute Gasteiger partial charge is 0.202 e. The monoisotopic (exact) mass is 482 g/mol. The van der Waals surface area contributed by atoms with Gasteiger partial charge in [0.05, 0.1) is 13.2 Å². The molecule has 2 aliphatic rings. The first-order valence-electron chi connectivity index (χ1n) is 10.8. The Kier molecular flexibility index (Phi) is 5.64. The zero-order valence-electron chi connectivity index (χ0n) is 18.2. The molecule has 0 saturated heterocycles. The number of benzene rings is 3. The van der Waals surface area contributed by atoms with Crippen LogP contribution in [0.5, 0.6) is 34.5 Å². The van der Waals surface area contributed by atoms with E-state index in [0.29, 0.717) is 16.9 Å². The van der Waals surface area contributed by atoms with E-state index in [2.05, 4.69) is 0 Å². The van der Waals surface area contributed by atoms with Crippen LogP contribution < -0.4 is 14.2 Å². The van der Waals surface area contributed by atoms with E-state index in [1.54, 1.807) is 24.3 Å². The number of ketones is 1. The summed E-state index contributed by atoms with van der Waals surface area (Å²) in [6, 6.07) is 11.3. The molecule has 3 aromatic carbocycles. The molecule has 0 fully saturated rings. The Morgan fingerprint density at radius 3 is 2.20 bits per heavy atom. The second-order valence-electron chi connectivity index (χ2n) is 8.32. The molecule has 10 nitrogen and oxygen atoms in total. The number of hydrogen-bond donors (Lipinski definition) is 6. The third-order valence-electron chi connectivity index (χ3n) is 6.07. The van der Waals surface area contributed by atoms with Crippen LogP contribution in [0.25, 0.3) is 0 Å². The van der Waals surface area contributed by atoms with Crippen LogP contribution in [0.2, 0.25) is 0 Å². The van der Waals surface area contributed by atoms with Crippen LogP contribution in [-0.2, 0) is 6.61 Å². The summed E-state index contributed by atoms with van der Waals surface area (Å²) >= 11 is 0. The topological polar surface area (TPSA) is 166 Å². The second kappa shape index (κ2) is 8.66. The number of carbonyl (C=O) groups is 1. The van der Waals surface area contributed by atoms with Crippen LogP contribution in [0.3, 0.4) is 0 Å². The molecule has 2 heterocycles. The number of rotatable bonds is 4. The third-order valence-corrected chi connectivity index (χ3v) is 6.07. The van der Waals surface area contributed by atoms with Crippen LogP contribution in [0.1, 0.15) is 39.3 Å². The number of carbonyl (C=O) groups excluding carboxylic acids is 1. The zero-order chi connectivity index (χ0) is 24.9. The molecule has 0 radical (unpaired) electrons. The van der Waals surface area contributed by atoms with Gasteiger partial charge in [0.15, 0.2) is 35.9 Å². The fourth-order valence-electron chi connectivity index (χ4n) is 4.32. The molecule has 5 rings (SSSR count). The van der Waals surface area contributed by atoms with Gasteiger partial charge in [-0.25, -0.2) is 0 Å². The summed E-state index contributed by atoms with van der Waals surface area (Å²) in [7, 11) is 0. The fraction of sp³-hybridized carbons (Fsp3) is 0.240. The van der Waals surface area contributed by atoms with E-state index in [1.165, 1.54) is 18.2 Å². The SMILES string of the molecule is O=C1c2c(O)cc(O)cc2OC(c2ccc3c(c2)OC(c2ccc(O)c(CO)c2)C(CO)O3)C1O. The lowest BCUT2D eigenvalue weighted by molar-refractivity contribution is -0.0130. The third kappa shape index (κ3) is 3.87. The molecule has 35 heavy (non-hydrogen) atoms. The van der Waals surface area contributed by atoms with Gasteiger partial charge < -0.3 is 44.8 Å². The number of hydrogen-bond acceptors (Lipinski definition) is 10. The quantitative estimate of drug-likeness (QED) is 0.323. The van der Waals surface area contributed by atoms with E-state index in [1.807, 2.05) is 0 Å². The molecule has 10 heteroatoms. The Morgan fingerprint density at radius 2 is 1.46 bits per heavy atom. The molecule has 0 amide bonds. The van der Waals surface area contributed by atoms with Crippen molar-refractivity contribution in [3.63, 3.8) is 0 Å². The number of fused-ring (bicyclic) bond motifs is 2. The summed E-state index contributed by atoms with van der Waals surface area (Å²) in [6.07, 6.45) is -4.36. The highest BCUT2D eigenvalue weighted by atomic mass is 16.6. The molecular weight excluding hydrogens is 460 g/mol. The van der Waals surface area contributed by atoms with Crippen molar-refractivity contribution in [3.8, 4) is 34.5 Å². The molecule has 0 aromatic heterocycles. The summed E-state index contributed by atoms with van der Waals surface area (Å²) in [5.74, 6) is -1.15. The van der Waals surface area contributed by atoms with Crippen LogP contribution in [0, 0.1) is 0 Å². The lowest BCUT2D eigenvalue weighted by Crippen LogP contribution is -2.37. The van der Waals surface area contributed by atoms with Gasteiger partial charge in [-0.2, -0.15) is 0 Å². The van der Waals surface area contributed by atoms with Gasteiger partial charge in [0, 0.05) is 17.7 Å². The maximum Gasteiger partial charge on any atom is 0.202 e. The normalized spacial score (nSPS) is 22.9. The lowest BCUT2D eigenvalue weighted by Gasteiger charge is -2.35. The number of aliphatic hydroxyl groups excluding tert-OH is 3. The van der Waals surface area contributed by atoms with Crippen LogP contribution in [0.4, 0.5) is 0 Å². The standard InChI is InChI=1S/C25H22O10/c26-9-13-5-11(1-3-15(13)29)24-20(10-27)33-17-4-2-12(6-18(17)34-24)25-23(32)22(31)21-16(30)7-14(28)8-19(21)35-25/h1-8,20,23-30,32H,9-10H2. The Bertz CT molecular complexity index is 1300. The van der Waals surface area contributed by atoms with Crippen LogP contribution in [0.15, 0.2) is 48.5 Å². The van der Waals surface area contributed by atoms with Crippen molar-refractivity contribution in [2.24, 2.45) is 0 Å². The Morgan fingerprint density at radius 1 is 0.743 bits per heavy atom. The second-order valence-corrected chi connectivity index (χ2v) is 8.32. The summed E-state index contributed by atoms with van der Waals surface area (Å²) < 4.78 is 17.8. The van der Waals surface area contributed by atoms with Gasteiger partial charge >= 0.3 is 0 Å². The molecule has 3 aromatic rings. The zero-order valence-corrected chi connectivity index (χ0v) is 18.2. The van der Waals surface area contributed by atoms with Gasteiger partial charge in [-0.05, 0) is 35.4 Å². The van der Waals surface area contributed by atoms with Crippen molar-refractivity contribution in [2.75, 3.05) is 6.61 Å². The van der Waals surface area contributed by atoms with E-state index in [-0.39, 0.29) is 40.7 Å². The maximum atomic E-state index is 12.7. The van der Waals surface area contributed by atoms with Gasteiger partial charge in [0.25, 0.3) is 0 Å². The van der Waals surface area contributed by atoms with Crippen molar-refractivity contribution >= 4 is 5.78 Å². The van der Waals surface area contributed by atoms with Gasteiger partial charge in [-0.15, -0.1) is 0 Å². The largest absolute Gasteiger partial charge is 0.508 e. The summed E-state index contributed by atoms with van der Waals surface area (Å²) in [4.78, 5) is 12.7. The molecule has 0 spiro atoms. The molecule has 0 bridgehead atoms. The average molecular weight is 482 g/mol. The Labute approximate surface area is 198 Å². The van der Waals surface area contributed by atoms with E-state index < -0.39 is 42.6 Å². The number of aromatic hydroxyl groups is 3. The van der Waals surface area contributed by atoms with Gasteiger partial charge in [-0.1, -0.05) is 12.1 Å².